The van der Waals surface area contributed by atoms with Crippen LogP contribution >= 0.6 is 0 Å². The minimum atomic E-state index is -0.145. The van der Waals surface area contributed by atoms with Gasteiger partial charge in [0.1, 0.15) is 12.1 Å². The van der Waals surface area contributed by atoms with Crippen molar-refractivity contribution in [3.05, 3.63) is 101 Å². The molecule has 4 aromatic rings. The zero-order chi connectivity index (χ0) is 26.6. The highest BCUT2D eigenvalue weighted by Crippen LogP contribution is 2.23. The molecule has 5 rings (SSSR count). The van der Waals surface area contributed by atoms with Gasteiger partial charge in [0.05, 0.1) is 11.7 Å². The van der Waals surface area contributed by atoms with E-state index in [0.717, 1.165) is 43.2 Å². The Bertz CT molecular complexity index is 1370. The number of hydrogen-bond donors (Lipinski definition) is 2. The molecule has 8 nitrogen and oxygen atoms in total. The molecular formula is C30H36N6O2. The smallest absolute Gasteiger partial charge is 0.350 e. The Labute approximate surface area is 223 Å². The summed E-state index contributed by atoms with van der Waals surface area (Å²) in [5.41, 5.74) is 4.14. The number of phenolic OH excluding ortho intramolecular Hbond substituents is 1. The molecule has 0 aliphatic carbocycles. The van der Waals surface area contributed by atoms with E-state index in [9.17, 15) is 9.90 Å². The minimum absolute atomic E-state index is 0.0499. The van der Waals surface area contributed by atoms with Crippen LogP contribution in [0.2, 0.25) is 0 Å². The van der Waals surface area contributed by atoms with Crippen LogP contribution in [-0.2, 0) is 0 Å². The summed E-state index contributed by atoms with van der Waals surface area (Å²) in [6.45, 7) is 9.87. The molecule has 0 bridgehead atoms. The second-order valence-electron chi connectivity index (χ2n) is 10.1. The zero-order valence-electron chi connectivity index (χ0n) is 22.2. The number of aromatic hydroxyl groups is 1. The summed E-state index contributed by atoms with van der Waals surface area (Å²) < 4.78 is 3.17. The third-order valence-electron chi connectivity index (χ3n) is 7.60. The summed E-state index contributed by atoms with van der Waals surface area (Å²) >= 11 is 0. The Morgan fingerprint density at radius 2 is 1.29 bits per heavy atom. The van der Waals surface area contributed by atoms with Gasteiger partial charge in [-0.05, 0) is 74.9 Å². The van der Waals surface area contributed by atoms with Gasteiger partial charge in [-0.1, -0.05) is 30.3 Å². The molecule has 1 aromatic heterocycles. The molecule has 38 heavy (non-hydrogen) atoms. The lowest BCUT2D eigenvalue weighted by atomic mass is 10.1. The first kappa shape index (κ1) is 25.6. The molecule has 0 unspecified atom stereocenters. The van der Waals surface area contributed by atoms with Crippen molar-refractivity contribution >= 4 is 11.4 Å². The summed E-state index contributed by atoms with van der Waals surface area (Å²) in [6, 6.07) is 25.9. The molecule has 2 N–H and O–H groups in total. The van der Waals surface area contributed by atoms with Gasteiger partial charge in [-0.3, -0.25) is 0 Å². The van der Waals surface area contributed by atoms with Crippen LogP contribution in [-0.4, -0.2) is 51.7 Å². The van der Waals surface area contributed by atoms with Crippen molar-refractivity contribution in [3.63, 3.8) is 0 Å². The standard InChI is InChI=1S/C30H36N6O2/c1-22(32-23(2)25-7-5-4-6-8-25)24(3)36-30(38)35(21-31-36)28-11-9-26(10-12-28)33-17-19-34(20-18-33)27-13-15-29(37)16-14-27/h4-16,21-24,32,37H,17-20H2,1-3H3/t22-,23-,24+/m0/s1. The fourth-order valence-electron chi connectivity index (χ4n) is 5.07. The summed E-state index contributed by atoms with van der Waals surface area (Å²) in [7, 11) is 0. The number of phenols is 1. The molecule has 0 saturated carbocycles. The van der Waals surface area contributed by atoms with E-state index < -0.39 is 0 Å². The summed E-state index contributed by atoms with van der Waals surface area (Å²) in [4.78, 5) is 17.9. The lowest BCUT2D eigenvalue weighted by Crippen LogP contribution is -2.46. The van der Waals surface area contributed by atoms with Gasteiger partial charge in [0.2, 0.25) is 0 Å². The number of benzene rings is 3. The summed E-state index contributed by atoms with van der Waals surface area (Å²) in [6.07, 6.45) is 1.61. The number of piperazine rings is 1. The summed E-state index contributed by atoms with van der Waals surface area (Å²) in [5.74, 6) is 0.287. The van der Waals surface area contributed by atoms with Crippen LogP contribution in [0.25, 0.3) is 5.69 Å². The molecule has 3 atom stereocenters. The molecule has 2 heterocycles. The molecule has 0 spiro atoms. The van der Waals surface area contributed by atoms with Gasteiger partial charge in [-0.15, -0.1) is 0 Å². The minimum Gasteiger partial charge on any atom is -0.508 e. The van der Waals surface area contributed by atoms with Gasteiger partial charge in [0.15, 0.2) is 0 Å². The first-order valence-corrected chi connectivity index (χ1v) is 13.3. The zero-order valence-corrected chi connectivity index (χ0v) is 22.2. The molecule has 0 radical (unpaired) electrons. The lowest BCUT2D eigenvalue weighted by molar-refractivity contribution is 0.334. The average molecular weight is 513 g/mol. The highest BCUT2D eigenvalue weighted by molar-refractivity contribution is 5.54. The second-order valence-corrected chi connectivity index (χ2v) is 10.1. The molecule has 198 valence electrons. The fourth-order valence-corrected chi connectivity index (χ4v) is 5.07. The van der Waals surface area contributed by atoms with Gasteiger partial charge in [-0.25, -0.2) is 14.0 Å². The Kier molecular flexibility index (Phi) is 7.51. The van der Waals surface area contributed by atoms with E-state index in [0.29, 0.717) is 0 Å². The Balaban J connectivity index is 1.22. The summed E-state index contributed by atoms with van der Waals surface area (Å²) in [5, 5.41) is 17.6. The van der Waals surface area contributed by atoms with Crippen molar-refractivity contribution in [1.82, 2.24) is 19.7 Å². The number of anilines is 2. The van der Waals surface area contributed by atoms with Crippen LogP contribution in [0.5, 0.6) is 5.75 Å². The molecule has 1 aliphatic rings. The van der Waals surface area contributed by atoms with E-state index in [1.807, 2.05) is 49.4 Å². The third-order valence-corrected chi connectivity index (χ3v) is 7.60. The first-order valence-electron chi connectivity index (χ1n) is 13.3. The molecule has 0 amide bonds. The van der Waals surface area contributed by atoms with Crippen molar-refractivity contribution in [2.24, 2.45) is 0 Å². The van der Waals surface area contributed by atoms with Gasteiger partial charge in [0, 0.05) is 49.6 Å². The highest BCUT2D eigenvalue weighted by atomic mass is 16.3. The van der Waals surface area contributed by atoms with E-state index >= 15 is 0 Å². The van der Waals surface area contributed by atoms with Crippen LogP contribution in [0.1, 0.15) is 38.4 Å². The van der Waals surface area contributed by atoms with Crippen LogP contribution in [0, 0.1) is 0 Å². The van der Waals surface area contributed by atoms with Gasteiger partial charge >= 0.3 is 5.69 Å². The predicted octanol–water partition coefficient (Wildman–Crippen LogP) is 4.37. The van der Waals surface area contributed by atoms with Crippen molar-refractivity contribution in [3.8, 4) is 11.4 Å². The second kappa shape index (κ2) is 11.1. The van der Waals surface area contributed by atoms with E-state index in [2.05, 4.69) is 58.3 Å². The van der Waals surface area contributed by atoms with E-state index in [1.54, 1.807) is 27.7 Å². The number of nitrogens with zero attached hydrogens (tertiary/aromatic N) is 5. The van der Waals surface area contributed by atoms with Gasteiger partial charge in [0.25, 0.3) is 0 Å². The van der Waals surface area contributed by atoms with Crippen LogP contribution in [0.3, 0.4) is 0 Å². The SMILES string of the molecule is C[C@H](N[C@@H](C)[C@@H](C)n1ncn(-c2ccc(N3CCN(c4ccc(O)cc4)CC3)cc2)c1=O)c1ccccc1. The van der Waals surface area contributed by atoms with Crippen LogP contribution in [0.4, 0.5) is 11.4 Å². The molecule has 8 heteroatoms. The predicted molar refractivity (Wildman–Crippen MR) is 153 cm³/mol. The fraction of sp³-hybridized carbons (Fsp3) is 0.333. The Hall–Kier alpha value is -4.04. The maximum atomic E-state index is 13.3. The Morgan fingerprint density at radius 1 is 0.763 bits per heavy atom. The third kappa shape index (κ3) is 5.45. The van der Waals surface area contributed by atoms with Crippen LogP contribution < -0.4 is 20.8 Å². The van der Waals surface area contributed by atoms with E-state index in [-0.39, 0.29) is 29.6 Å². The first-order chi connectivity index (χ1) is 18.4. The quantitative estimate of drug-likeness (QED) is 0.365. The maximum absolute atomic E-state index is 13.3. The van der Waals surface area contributed by atoms with Crippen LogP contribution in [0.15, 0.2) is 90.0 Å². The van der Waals surface area contributed by atoms with Gasteiger partial charge in [-0.2, -0.15) is 5.10 Å². The van der Waals surface area contributed by atoms with Crippen molar-refractivity contribution in [2.75, 3.05) is 36.0 Å². The normalized spacial score (nSPS) is 16.3. The number of rotatable bonds is 8. The lowest BCUT2D eigenvalue weighted by Gasteiger charge is -2.37. The average Bonchev–Trinajstić information content (AvgIpc) is 3.34. The van der Waals surface area contributed by atoms with Crippen molar-refractivity contribution < 1.29 is 5.11 Å². The molecule has 1 aliphatic heterocycles. The molecule has 1 saturated heterocycles. The largest absolute Gasteiger partial charge is 0.508 e. The van der Waals surface area contributed by atoms with Crippen molar-refractivity contribution in [1.29, 1.82) is 0 Å². The molecule has 3 aromatic carbocycles. The molecule has 1 fully saturated rings. The maximum Gasteiger partial charge on any atom is 0.350 e. The number of nitrogens with one attached hydrogen (secondary N) is 1. The Morgan fingerprint density at radius 3 is 1.87 bits per heavy atom. The van der Waals surface area contributed by atoms with E-state index in [4.69, 9.17) is 0 Å². The number of hydrogen-bond acceptors (Lipinski definition) is 6. The van der Waals surface area contributed by atoms with Crippen molar-refractivity contribution in [2.45, 2.75) is 38.9 Å². The van der Waals surface area contributed by atoms with Gasteiger partial charge < -0.3 is 20.2 Å². The number of aromatic nitrogens is 3. The highest BCUT2D eigenvalue weighted by Gasteiger charge is 2.21. The van der Waals surface area contributed by atoms with E-state index in [1.165, 1.54) is 5.56 Å². The molecular weight excluding hydrogens is 476 g/mol. The monoisotopic (exact) mass is 512 g/mol. The topological polar surface area (TPSA) is 78.6 Å².